The van der Waals surface area contributed by atoms with Crippen molar-refractivity contribution < 1.29 is 48.3 Å². The third kappa shape index (κ3) is 23.8. The Bertz CT molecular complexity index is 3830. The molecule has 3 heterocycles. The van der Waals surface area contributed by atoms with Crippen LogP contribution in [0.2, 0.25) is 0 Å². The molecule has 32 heteroatoms. The normalized spacial score (nSPS) is 14.3. The van der Waals surface area contributed by atoms with Gasteiger partial charge in [-0.25, -0.2) is 4.79 Å². The van der Waals surface area contributed by atoms with Crippen molar-refractivity contribution in [1.82, 2.24) is 57.5 Å². The number of guanidine groups is 3. The molecule has 0 unspecified atom stereocenters. The fraction of sp³-hybridized carbons (Fsp3) is 0.471. The Kier molecular flexibility index (Phi) is 30.5. The number of carboxylic acids is 1. The molecular weight excluding hydrogens is 1280 g/mol. The van der Waals surface area contributed by atoms with E-state index in [1.807, 2.05) is 60.7 Å². The van der Waals surface area contributed by atoms with E-state index < -0.39 is 119 Å². The van der Waals surface area contributed by atoms with Gasteiger partial charge in [-0.15, -0.1) is 0 Å². The lowest BCUT2D eigenvalue weighted by Crippen LogP contribution is -2.61. The minimum atomic E-state index is -1.49. The van der Waals surface area contributed by atoms with E-state index in [4.69, 9.17) is 45.9 Å². The van der Waals surface area contributed by atoms with Gasteiger partial charge in [-0.2, -0.15) is 0 Å². The number of nitrogens with zero attached hydrogens (tertiary/aromatic N) is 3. The zero-order valence-electron chi connectivity index (χ0n) is 57.1. The lowest BCUT2D eigenvalue weighted by atomic mass is 9.97. The number of rotatable bonds is 42. The second-order valence-corrected chi connectivity index (χ2v) is 25.2. The first kappa shape index (κ1) is 78.2. The highest BCUT2D eigenvalue weighted by atomic mass is 16.4. The van der Waals surface area contributed by atoms with Crippen molar-refractivity contribution >= 4 is 104 Å². The summed E-state index contributed by atoms with van der Waals surface area (Å²) in [5.41, 5.74) is 50.1. The number of para-hydroxylation sites is 3. The fourth-order valence-electron chi connectivity index (χ4n) is 11.5. The molecule has 0 aliphatic heterocycles. The first-order valence-electron chi connectivity index (χ1n) is 33.7. The molecule has 542 valence electrons. The summed E-state index contributed by atoms with van der Waals surface area (Å²) in [6.07, 6.45) is 6.70. The van der Waals surface area contributed by atoms with Crippen LogP contribution in [-0.2, 0) is 62.4 Å². The van der Waals surface area contributed by atoms with E-state index >= 15 is 9.59 Å². The maximum absolute atomic E-state index is 15.2. The molecule has 28 N–H and O–H groups in total. The number of fused-ring (bicyclic) bond motifs is 3. The number of aromatic nitrogens is 3. The summed E-state index contributed by atoms with van der Waals surface area (Å²) in [6, 6.07) is 9.77. The van der Waals surface area contributed by atoms with Gasteiger partial charge in [0, 0.05) is 90.2 Å². The fourth-order valence-corrected chi connectivity index (χ4v) is 11.5. The van der Waals surface area contributed by atoms with Crippen LogP contribution >= 0.6 is 0 Å². The molecular formula is C68H100N22O10. The number of aliphatic imine (C=N–C) groups is 3. The van der Waals surface area contributed by atoms with Crippen LogP contribution in [0, 0.1) is 11.8 Å². The SMILES string of the molecule is CC[C@H](C)[C@H](NC(=O)[C@H](Cc1c[nH]c2ccccc12)NC(=O)[C@H](CCCN=C(N)N)NC(=O)[C@@H](NC(=O)[C@H](Cc1c[nH]c2ccccc12)NC(=O)[C@H](CCCN=C(N)N)NC(=O)[C@H](CCCN=C(N)N)NC(=O)[C@H](Cc1c[nH]c2ccccc12)NC(=O)[C@@H](N)CCCCN)C(C)C)C(=O)O. The van der Waals surface area contributed by atoms with E-state index in [-0.39, 0.29) is 102 Å². The molecule has 0 aliphatic carbocycles. The van der Waals surface area contributed by atoms with E-state index in [0.29, 0.717) is 53.4 Å². The Morgan fingerprint density at radius 3 is 1.08 bits per heavy atom. The van der Waals surface area contributed by atoms with Crippen LogP contribution in [0.1, 0.15) is 109 Å². The first-order valence-corrected chi connectivity index (χ1v) is 33.7. The lowest BCUT2D eigenvalue weighted by Gasteiger charge is -2.29. The minimum absolute atomic E-state index is 0.00332. The van der Waals surface area contributed by atoms with Crippen molar-refractivity contribution in [2.45, 2.75) is 166 Å². The highest BCUT2D eigenvalue weighted by Gasteiger charge is 2.37. The average molecular weight is 1390 g/mol. The molecule has 0 radical (unpaired) electrons. The number of carbonyl (C=O) groups excluding carboxylic acids is 8. The molecule has 10 atom stereocenters. The Morgan fingerprint density at radius 2 is 0.740 bits per heavy atom. The lowest BCUT2D eigenvalue weighted by molar-refractivity contribution is -0.144. The predicted octanol–water partition coefficient (Wildman–Crippen LogP) is -0.559. The number of nitrogens with two attached hydrogens (primary N) is 8. The van der Waals surface area contributed by atoms with Gasteiger partial charge in [0.1, 0.15) is 48.3 Å². The third-order valence-electron chi connectivity index (χ3n) is 17.3. The number of carbonyl (C=O) groups is 9. The molecule has 0 saturated carbocycles. The molecule has 0 bridgehead atoms. The molecule has 0 fully saturated rings. The number of hydrogen-bond donors (Lipinski definition) is 20. The topological polar surface area (TPSA) is 563 Å². The Labute approximate surface area is 579 Å². The summed E-state index contributed by atoms with van der Waals surface area (Å²) in [4.78, 5) is 152. The van der Waals surface area contributed by atoms with Crippen LogP contribution in [0.5, 0.6) is 0 Å². The maximum Gasteiger partial charge on any atom is 0.326 e. The zero-order valence-corrected chi connectivity index (χ0v) is 57.1. The minimum Gasteiger partial charge on any atom is -0.480 e. The molecule has 6 aromatic rings. The van der Waals surface area contributed by atoms with Crippen LogP contribution in [0.25, 0.3) is 32.7 Å². The van der Waals surface area contributed by atoms with Gasteiger partial charge in [0.25, 0.3) is 0 Å². The molecule has 32 nitrogen and oxygen atoms in total. The molecule has 6 rings (SSSR count). The maximum atomic E-state index is 15.2. The standard InChI is InChI=1S/C68H100N22O10/c1-5-38(4)56(65(99)100)90-63(97)54(33-41-36-82-48-23-11-8-19-44(41)48)88-60(94)51(26-16-30-79-68(75)76)85-64(98)55(37(2)3)89-62(96)53(32-40-35-81-47-22-10-7-18-43(40)47)87-59(93)50(25-15-29-78-67(73)74)83-58(92)49(24-14-28-77-66(71)72)84-61(95)52(86-57(91)45(70)20-12-13-27-69)31-39-34-80-46-21-9-6-17-42(39)46/h6-11,17-19,21-23,34-38,45,49-56,80-82H,5,12-16,20,24-33,69-70H2,1-4H3,(H,83,92)(H,84,95)(H,85,98)(H,86,91)(H,87,93)(H,88,94)(H,89,96)(H,90,97)(H,99,100)(H4,71,72,77)(H4,73,74,78)(H4,75,76,79)/t38-,45-,49-,50-,51-,52-,53-,54-,55-,56-/m0/s1. The predicted molar refractivity (Wildman–Crippen MR) is 384 cm³/mol. The Morgan fingerprint density at radius 1 is 0.420 bits per heavy atom. The van der Waals surface area contributed by atoms with Gasteiger partial charge in [0.15, 0.2) is 17.9 Å². The third-order valence-corrected chi connectivity index (χ3v) is 17.3. The van der Waals surface area contributed by atoms with Crippen LogP contribution in [0.15, 0.2) is 106 Å². The van der Waals surface area contributed by atoms with Crippen molar-refractivity contribution in [1.29, 1.82) is 0 Å². The molecule has 0 spiro atoms. The zero-order chi connectivity index (χ0) is 73.0. The molecule has 0 aliphatic rings. The number of amides is 8. The van der Waals surface area contributed by atoms with E-state index in [0.717, 1.165) is 21.8 Å². The van der Waals surface area contributed by atoms with E-state index in [2.05, 4.69) is 72.5 Å². The largest absolute Gasteiger partial charge is 0.480 e. The van der Waals surface area contributed by atoms with Crippen molar-refractivity contribution in [2.24, 2.45) is 72.7 Å². The van der Waals surface area contributed by atoms with Gasteiger partial charge in [0.05, 0.1) is 6.04 Å². The molecule has 3 aromatic carbocycles. The number of nitrogens with one attached hydrogen (secondary N) is 11. The number of hydrogen-bond acceptors (Lipinski definition) is 14. The summed E-state index contributed by atoms with van der Waals surface area (Å²) in [5, 5.41) is 34.6. The van der Waals surface area contributed by atoms with Gasteiger partial charge in [-0.1, -0.05) is 95.1 Å². The highest BCUT2D eigenvalue weighted by Crippen LogP contribution is 2.24. The first-order chi connectivity index (χ1) is 47.8. The van der Waals surface area contributed by atoms with E-state index in [1.54, 1.807) is 58.4 Å². The number of aromatic amines is 3. The average Bonchev–Trinajstić information content (AvgIpc) is 1.64. The van der Waals surface area contributed by atoms with Crippen LogP contribution in [-0.4, -0.2) is 172 Å². The quantitative estimate of drug-likeness (QED) is 0.0130. The summed E-state index contributed by atoms with van der Waals surface area (Å²) >= 11 is 0. The Hall–Kier alpha value is -10.8. The second kappa shape index (κ2) is 39.0. The summed E-state index contributed by atoms with van der Waals surface area (Å²) in [7, 11) is 0. The van der Waals surface area contributed by atoms with Gasteiger partial charge < -0.3 is 108 Å². The number of H-pyrrole nitrogens is 3. The highest BCUT2D eigenvalue weighted by molar-refractivity contribution is 5.99. The summed E-state index contributed by atoms with van der Waals surface area (Å²) in [6.45, 7) is 7.21. The van der Waals surface area contributed by atoms with Gasteiger partial charge in [0.2, 0.25) is 47.3 Å². The van der Waals surface area contributed by atoms with Gasteiger partial charge in [-0.3, -0.25) is 53.3 Å². The van der Waals surface area contributed by atoms with Crippen molar-refractivity contribution in [2.75, 3.05) is 26.2 Å². The van der Waals surface area contributed by atoms with Crippen molar-refractivity contribution in [3.8, 4) is 0 Å². The molecule has 8 amide bonds. The van der Waals surface area contributed by atoms with Crippen LogP contribution in [0.3, 0.4) is 0 Å². The van der Waals surface area contributed by atoms with Crippen LogP contribution < -0.4 is 88.4 Å². The number of unbranched alkanes of at least 4 members (excludes halogenated alkanes) is 1. The van der Waals surface area contributed by atoms with Crippen LogP contribution in [0.4, 0.5) is 0 Å². The molecule has 3 aromatic heterocycles. The summed E-state index contributed by atoms with van der Waals surface area (Å²) < 4.78 is 0. The monoisotopic (exact) mass is 1380 g/mol. The molecule has 0 saturated heterocycles. The van der Waals surface area contributed by atoms with Crippen molar-refractivity contribution in [3.05, 3.63) is 108 Å². The number of benzene rings is 3. The van der Waals surface area contributed by atoms with E-state index in [1.165, 1.54) is 0 Å². The number of aliphatic carboxylic acids is 1. The second-order valence-electron chi connectivity index (χ2n) is 25.2. The Balaban J connectivity index is 1.31. The van der Waals surface area contributed by atoms with Gasteiger partial charge >= 0.3 is 5.97 Å². The summed E-state index contributed by atoms with van der Waals surface area (Å²) in [5.74, 6) is -9.56. The smallest absolute Gasteiger partial charge is 0.326 e. The number of carboxylic acid groups (broad SMARTS) is 1. The van der Waals surface area contributed by atoms with Crippen molar-refractivity contribution in [3.63, 3.8) is 0 Å². The van der Waals surface area contributed by atoms with Gasteiger partial charge in [-0.05, 0) is 105 Å². The molecule has 100 heavy (non-hydrogen) atoms. The van der Waals surface area contributed by atoms with E-state index in [9.17, 15) is 38.7 Å².